The Bertz CT molecular complexity index is 879. The van der Waals surface area contributed by atoms with E-state index in [9.17, 15) is 0 Å². The van der Waals surface area contributed by atoms with Gasteiger partial charge in [-0.25, -0.2) is 9.67 Å². The van der Waals surface area contributed by atoms with E-state index in [4.69, 9.17) is 24.0 Å². The van der Waals surface area contributed by atoms with E-state index in [-0.39, 0.29) is 6.10 Å². The van der Waals surface area contributed by atoms with E-state index in [1.54, 1.807) is 6.26 Å². The summed E-state index contributed by atoms with van der Waals surface area (Å²) >= 11 is 0. The number of hydrogen-bond donors (Lipinski definition) is 0. The molecule has 0 radical (unpaired) electrons. The highest BCUT2D eigenvalue weighted by molar-refractivity contribution is 5.64. The molecule has 4 heterocycles. The smallest absolute Gasteiger partial charge is 0.181 e. The number of furan rings is 1. The minimum atomic E-state index is 0.195. The van der Waals surface area contributed by atoms with Crippen molar-refractivity contribution in [2.45, 2.75) is 38.7 Å². The Morgan fingerprint density at radius 3 is 2.92 bits per heavy atom. The molecule has 1 unspecified atom stereocenters. The van der Waals surface area contributed by atoms with Gasteiger partial charge >= 0.3 is 0 Å². The summed E-state index contributed by atoms with van der Waals surface area (Å²) in [5.74, 6) is 2.44. The normalized spacial score (nSPS) is 19.4. The standard InChI is InChI=1S/C19H19N3O3/c1-2-5-13(6-3-1)18-20-19(16-11-25-17-12-23-10-15(16)17)22(21-18)9-14-7-4-8-24-14/h1-3,5-6,11,14H,4,7-10,12H2. The van der Waals surface area contributed by atoms with Crippen LogP contribution in [0.5, 0.6) is 0 Å². The van der Waals surface area contributed by atoms with Crippen LogP contribution in [-0.4, -0.2) is 27.5 Å². The Kier molecular flexibility index (Phi) is 3.64. The van der Waals surface area contributed by atoms with E-state index in [2.05, 4.69) is 0 Å². The van der Waals surface area contributed by atoms with E-state index in [0.29, 0.717) is 19.8 Å². The second-order valence-corrected chi connectivity index (χ2v) is 6.49. The van der Waals surface area contributed by atoms with Crippen molar-refractivity contribution in [1.82, 2.24) is 14.8 Å². The molecule has 1 fully saturated rings. The zero-order valence-electron chi connectivity index (χ0n) is 13.9. The first-order valence-corrected chi connectivity index (χ1v) is 8.68. The van der Waals surface area contributed by atoms with Crippen molar-refractivity contribution in [2.24, 2.45) is 0 Å². The van der Waals surface area contributed by atoms with Crippen LogP contribution in [-0.2, 0) is 29.2 Å². The van der Waals surface area contributed by atoms with Crippen molar-refractivity contribution in [2.75, 3.05) is 6.61 Å². The first kappa shape index (κ1) is 14.9. The molecule has 2 aliphatic heterocycles. The number of hydrogen-bond acceptors (Lipinski definition) is 5. The van der Waals surface area contributed by atoms with Gasteiger partial charge in [0.25, 0.3) is 0 Å². The Morgan fingerprint density at radius 2 is 2.08 bits per heavy atom. The van der Waals surface area contributed by atoms with Crippen molar-refractivity contribution < 1.29 is 13.9 Å². The first-order valence-electron chi connectivity index (χ1n) is 8.68. The number of rotatable bonds is 4. The average molecular weight is 337 g/mol. The van der Waals surface area contributed by atoms with E-state index in [1.807, 2.05) is 35.0 Å². The van der Waals surface area contributed by atoms with E-state index < -0.39 is 0 Å². The molecule has 1 saturated heterocycles. The van der Waals surface area contributed by atoms with Crippen LogP contribution >= 0.6 is 0 Å². The van der Waals surface area contributed by atoms with E-state index in [0.717, 1.165) is 53.5 Å². The molecule has 0 saturated carbocycles. The number of benzene rings is 1. The molecular weight excluding hydrogens is 318 g/mol. The van der Waals surface area contributed by atoms with Crippen molar-refractivity contribution in [3.8, 4) is 22.8 Å². The lowest BCUT2D eigenvalue weighted by atomic mass is 10.1. The minimum Gasteiger partial charge on any atom is -0.466 e. The number of ether oxygens (including phenoxy) is 2. The fourth-order valence-corrected chi connectivity index (χ4v) is 3.49. The van der Waals surface area contributed by atoms with Gasteiger partial charge in [-0.2, -0.15) is 5.10 Å². The quantitative estimate of drug-likeness (QED) is 0.730. The lowest BCUT2D eigenvalue weighted by Gasteiger charge is -2.11. The molecule has 6 heteroatoms. The van der Waals surface area contributed by atoms with Gasteiger partial charge < -0.3 is 13.9 Å². The van der Waals surface area contributed by atoms with Gasteiger partial charge in [0.1, 0.15) is 18.6 Å². The zero-order valence-corrected chi connectivity index (χ0v) is 13.9. The van der Waals surface area contributed by atoms with Crippen molar-refractivity contribution in [3.05, 3.63) is 47.9 Å². The van der Waals surface area contributed by atoms with E-state index in [1.165, 1.54) is 0 Å². The highest BCUT2D eigenvalue weighted by Crippen LogP contribution is 2.33. The Hall–Kier alpha value is -2.44. The summed E-state index contributed by atoms with van der Waals surface area (Å²) in [6.45, 7) is 2.63. The third kappa shape index (κ3) is 2.67. The molecule has 6 nitrogen and oxygen atoms in total. The number of fused-ring (bicyclic) bond motifs is 1. The molecule has 0 aliphatic carbocycles. The fraction of sp³-hybridized carbons (Fsp3) is 0.368. The van der Waals surface area contributed by atoms with Gasteiger partial charge in [-0.05, 0) is 12.8 Å². The topological polar surface area (TPSA) is 62.3 Å². The summed E-state index contributed by atoms with van der Waals surface area (Å²) in [5.41, 5.74) is 3.06. The van der Waals surface area contributed by atoms with Gasteiger partial charge in [0, 0.05) is 17.7 Å². The lowest BCUT2D eigenvalue weighted by molar-refractivity contribution is 0.0944. The van der Waals surface area contributed by atoms with Gasteiger partial charge in [-0.15, -0.1) is 0 Å². The SMILES string of the molecule is c1ccc(-c2nc(-c3coc4c3COC4)n(CC3CCCO3)n2)cc1. The third-order valence-corrected chi connectivity index (χ3v) is 4.81. The number of nitrogens with zero attached hydrogens (tertiary/aromatic N) is 3. The second-order valence-electron chi connectivity index (χ2n) is 6.49. The summed E-state index contributed by atoms with van der Waals surface area (Å²) in [4.78, 5) is 4.82. The maximum atomic E-state index is 5.80. The molecular formula is C19H19N3O3. The monoisotopic (exact) mass is 337 g/mol. The van der Waals surface area contributed by atoms with Gasteiger partial charge in [-0.3, -0.25) is 0 Å². The van der Waals surface area contributed by atoms with Crippen LogP contribution in [0.3, 0.4) is 0 Å². The summed E-state index contributed by atoms with van der Waals surface area (Å²) < 4.78 is 18.9. The Balaban J connectivity index is 1.58. The molecule has 0 amide bonds. The first-order chi connectivity index (χ1) is 12.4. The summed E-state index contributed by atoms with van der Waals surface area (Å²) in [6, 6.07) is 10.0. The molecule has 0 spiro atoms. The summed E-state index contributed by atoms with van der Waals surface area (Å²) in [6.07, 6.45) is 4.14. The Labute approximate surface area is 145 Å². The highest BCUT2D eigenvalue weighted by Gasteiger charge is 2.26. The highest BCUT2D eigenvalue weighted by atomic mass is 16.5. The van der Waals surface area contributed by atoms with Crippen LogP contribution in [0, 0.1) is 0 Å². The molecule has 25 heavy (non-hydrogen) atoms. The molecule has 2 aliphatic rings. The molecule has 3 aromatic rings. The van der Waals surface area contributed by atoms with Crippen molar-refractivity contribution in [1.29, 1.82) is 0 Å². The van der Waals surface area contributed by atoms with Gasteiger partial charge in [0.05, 0.1) is 24.8 Å². The van der Waals surface area contributed by atoms with Crippen molar-refractivity contribution in [3.63, 3.8) is 0 Å². The minimum absolute atomic E-state index is 0.195. The van der Waals surface area contributed by atoms with Crippen molar-refractivity contribution >= 4 is 0 Å². The maximum Gasteiger partial charge on any atom is 0.181 e. The predicted molar refractivity (Wildman–Crippen MR) is 90.6 cm³/mol. The van der Waals surface area contributed by atoms with Crippen LogP contribution in [0.1, 0.15) is 24.2 Å². The van der Waals surface area contributed by atoms with Crippen LogP contribution < -0.4 is 0 Å². The largest absolute Gasteiger partial charge is 0.466 e. The average Bonchev–Trinajstić information content (AvgIpc) is 3.41. The van der Waals surface area contributed by atoms with E-state index >= 15 is 0 Å². The molecule has 0 bridgehead atoms. The lowest BCUT2D eigenvalue weighted by Crippen LogP contribution is -2.17. The molecule has 5 rings (SSSR count). The third-order valence-electron chi connectivity index (χ3n) is 4.81. The van der Waals surface area contributed by atoms with Crippen LogP contribution in [0.4, 0.5) is 0 Å². The Morgan fingerprint density at radius 1 is 1.16 bits per heavy atom. The molecule has 0 N–H and O–H groups in total. The molecule has 1 aromatic carbocycles. The summed E-state index contributed by atoms with van der Waals surface area (Å²) in [7, 11) is 0. The summed E-state index contributed by atoms with van der Waals surface area (Å²) in [5, 5.41) is 4.77. The second kappa shape index (κ2) is 6.13. The van der Waals surface area contributed by atoms with Crippen LogP contribution in [0.2, 0.25) is 0 Å². The fourth-order valence-electron chi connectivity index (χ4n) is 3.49. The van der Waals surface area contributed by atoms with Crippen LogP contribution in [0.15, 0.2) is 41.0 Å². The molecule has 2 aromatic heterocycles. The van der Waals surface area contributed by atoms with Crippen LogP contribution in [0.25, 0.3) is 22.8 Å². The van der Waals surface area contributed by atoms with Gasteiger partial charge in [-0.1, -0.05) is 30.3 Å². The molecule has 128 valence electrons. The predicted octanol–water partition coefficient (Wildman–Crippen LogP) is 3.41. The zero-order chi connectivity index (χ0) is 16.6. The van der Waals surface area contributed by atoms with Gasteiger partial charge in [0.2, 0.25) is 0 Å². The number of aromatic nitrogens is 3. The van der Waals surface area contributed by atoms with Gasteiger partial charge in [0.15, 0.2) is 11.6 Å². The maximum absolute atomic E-state index is 5.80. The molecule has 1 atom stereocenters.